The topological polar surface area (TPSA) is 53.0 Å². The lowest BCUT2D eigenvalue weighted by Gasteiger charge is -2.29. The molecule has 0 aliphatic carbocycles. The molecule has 0 amide bonds. The van der Waals surface area contributed by atoms with Crippen molar-refractivity contribution in [3.63, 3.8) is 0 Å². The lowest BCUT2D eigenvalue weighted by molar-refractivity contribution is 0.571. The van der Waals surface area contributed by atoms with Crippen molar-refractivity contribution in [1.29, 1.82) is 5.26 Å². The molecule has 0 aliphatic rings. The van der Waals surface area contributed by atoms with E-state index in [0.29, 0.717) is 6.54 Å². The van der Waals surface area contributed by atoms with E-state index < -0.39 is 5.54 Å². The molecule has 2 rings (SSSR count). The van der Waals surface area contributed by atoms with Gasteiger partial charge in [-0.15, -0.1) is 0 Å². The van der Waals surface area contributed by atoms with Crippen LogP contribution in [-0.4, -0.2) is 13.6 Å². The number of nitrogens with zero attached hydrogens (tertiary/aromatic N) is 2. The minimum absolute atomic E-state index is 0.441. The second-order valence-electron chi connectivity index (χ2n) is 5.14. The van der Waals surface area contributed by atoms with E-state index in [-0.39, 0.29) is 0 Å². The lowest BCUT2D eigenvalue weighted by atomic mass is 9.92. The summed E-state index contributed by atoms with van der Waals surface area (Å²) >= 11 is 0. The molecule has 0 fully saturated rings. The second kappa shape index (κ2) is 5.77. The number of rotatable bonds is 4. The van der Waals surface area contributed by atoms with Crippen LogP contribution in [-0.2, 0) is 5.54 Å². The van der Waals surface area contributed by atoms with E-state index in [4.69, 9.17) is 5.73 Å². The van der Waals surface area contributed by atoms with Crippen molar-refractivity contribution < 1.29 is 0 Å². The summed E-state index contributed by atoms with van der Waals surface area (Å²) in [4.78, 5) is 2.01. The first-order valence-corrected chi connectivity index (χ1v) is 6.58. The van der Waals surface area contributed by atoms with Crippen LogP contribution >= 0.6 is 0 Å². The van der Waals surface area contributed by atoms with Crippen LogP contribution in [0.4, 0.5) is 5.69 Å². The van der Waals surface area contributed by atoms with Gasteiger partial charge in [0.05, 0.1) is 12.6 Å². The third-order valence-corrected chi connectivity index (χ3v) is 3.45. The van der Waals surface area contributed by atoms with Crippen molar-refractivity contribution >= 4 is 5.69 Å². The van der Waals surface area contributed by atoms with Gasteiger partial charge in [0.25, 0.3) is 0 Å². The molecule has 1 atom stereocenters. The number of nitriles is 1. The molecule has 0 heterocycles. The van der Waals surface area contributed by atoms with Crippen LogP contribution in [0, 0.1) is 18.3 Å². The first-order valence-electron chi connectivity index (χ1n) is 6.58. The molecule has 20 heavy (non-hydrogen) atoms. The van der Waals surface area contributed by atoms with Gasteiger partial charge < -0.3 is 10.6 Å². The molecular formula is C17H19N3. The Hall–Kier alpha value is -2.31. The Kier molecular flexibility index (Phi) is 4.07. The van der Waals surface area contributed by atoms with Gasteiger partial charge in [-0.05, 0) is 24.6 Å². The largest absolute Gasteiger partial charge is 0.371 e. The molecule has 0 bridgehead atoms. The number of benzene rings is 2. The summed E-state index contributed by atoms with van der Waals surface area (Å²) in [6.45, 7) is 2.49. The van der Waals surface area contributed by atoms with Gasteiger partial charge in [0.15, 0.2) is 0 Å². The van der Waals surface area contributed by atoms with Crippen LogP contribution in [0.5, 0.6) is 0 Å². The molecule has 0 aliphatic heterocycles. The number of nitrogens with two attached hydrogens (primary N) is 1. The molecule has 2 aromatic carbocycles. The van der Waals surface area contributed by atoms with Crippen LogP contribution in [0.25, 0.3) is 0 Å². The van der Waals surface area contributed by atoms with Gasteiger partial charge in [-0.3, -0.25) is 0 Å². The minimum atomic E-state index is -1.01. The number of hydrogen-bond donors (Lipinski definition) is 1. The van der Waals surface area contributed by atoms with Crippen molar-refractivity contribution in [3.05, 3.63) is 65.7 Å². The third-order valence-electron chi connectivity index (χ3n) is 3.45. The maximum atomic E-state index is 9.48. The van der Waals surface area contributed by atoms with Gasteiger partial charge in [0, 0.05) is 12.7 Å². The Morgan fingerprint density at radius 2 is 1.70 bits per heavy atom. The predicted octanol–water partition coefficient (Wildman–Crippen LogP) is 2.81. The summed E-state index contributed by atoms with van der Waals surface area (Å²) in [5.41, 5.74) is 8.37. The number of anilines is 1. The quantitative estimate of drug-likeness (QED) is 0.924. The van der Waals surface area contributed by atoms with Gasteiger partial charge in [0.1, 0.15) is 5.54 Å². The SMILES string of the molecule is Cc1ccc(N(C)CC(N)(C#N)c2ccccc2)cc1. The zero-order valence-electron chi connectivity index (χ0n) is 11.9. The van der Waals surface area contributed by atoms with E-state index in [1.807, 2.05) is 54.4 Å². The maximum Gasteiger partial charge on any atom is 0.147 e. The monoisotopic (exact) mass is 265 g/mol. The first kappa shape index (κ1) is 14.1. The van der Waals surface area contributed by atoms with E-state index >= 15 is 0 Å². The average Bonchev–Trinajstić information content (AvgIpc) is 2.48. The Bertz CT molecular complexity index is 598. The minimum Gasteiger partial charge on any atom is -0.371 e. The van der Waals surface area contributed by atoms with Gasteiger partial charge >= 0.3 is 0 Å². The van der Waals surface area contributed by atoms with Gasteiger partial charge in [-0.2, -0.15) is 5.26 Å². The highest BCUT2D eigenvalue weighted by Gasteiger charge is 2.28. The summed E-state index contributed by atoms with van der Waals surface area (Å²) in [7, 11) is 1.95. The molecule has 2 N–H and O–H groups in total. The number of hydrogen-bond acceptors (Lipinski definition) is 3. The highest BCUT2D eigenvalue weighted by molar-refractivity contribution is 5.48. The maximum absolute atomic E-state index is 9.48. The number of likely N-dealkylation sites (N-methyl/N-ethyl adjacent to an activating group) is 1. The molecular weight excluding hydrogens is 246 g/mol. The highest BCUT2D eigenvalue weighted by Crippen LogP contribution is 2.22. The molecule has 3 nitrogen and oxygen atoms in total. The zero-order chi connectivity index (χ0) is 14.6. The Balaban J connectivity index is 2.22. The molecule has 0 aromatic heterocycles. The molecule has 0 saturated carbocycles. The summed E-state index contributed by atoms with van der Waals surface area (Å²) in [5, 5.41) is 9.48. The van der Waals surface area contributed by atoms with Crippen molar-refractivity contribution in [2.75, 3.05) is 18.5 Å². The van der Waals surface area contributed by atoms with E-state index in [0.717, 1.165) is 11.3 Å². The van der Waals surface area contributed by atoms with E-state index in [9.17, 15) is 5.26 Å². The molecule has 102 valence electrons. The molecule has 0 radical (unpaired) electrons. The van der Waals surface area contributed by atoms with Crippen molar-refractivity contribution in [3.8, 4) is 6.07 Å². The van der Waals surface area contributed by atoms with Crippen LogP contribution in [0.3, 0.4) is 0 Å². The Labute approximate surface area is 120 Å². The summed E-state index contributed by atoms with van der Waals surface area (Å²) in [6, 6.07) is 19.9. The predicted molar refractivity (Wildman–Crippen MR) is 82.4 cm³/mol. The number of aryl methyl sites for hydroxylation is 1. The summed E-state index contributed by atoms with van der Waals surface area (Å²) in [5.74, 6) is 0. The van der Waals surface area contributed by atoms with Crippen molar-refractivity contribution in [1.82, 2.24) is 0 Å². The van der Waals surface area contributed by atoms with Crippen LogP contribution < -0.4 is 10.6 Å². The van der Waals surface area contributed by atoms with Crippen LogP contribution in [0.1, 0.15) is 11.1 Å². The van der Waals surface area contributed by atoms with Crippen LogP contribution in [0.15, 0.2) is 54.6 Å². The second-order valence-corrected chi connectivity index (χ2v) is 5.14. The van der Waals surface area contributed by atoms with E-state index in [1.165, 1.54) is 5.56 Å². The summed E-state index contributed by atoms with van der Waals surface area (Å²) < 4.78 is 0. The van der Waals surface area contributed by atoms with Crippen LogP contribution in [0.2, 0.25) is 0 Å². The van der Waals surface area contributed by atoms with E-state index in [2.05, 4.69) is 25.1 Å². The Morgan fingerprint density at radius 1 is 1.10 bits per heavy atom. The summed E-state index contributed by atoms with van der Waals surface area (Å²) in [6.07, 6.45) is 0. The van der Waals surface area contributed by atoms with Gasteiger partial charge in [0.2, 0.25) is 0 Å². The molecule has 1 unspecified atom stereocenters. The highest BCUT2D eigenvalue weighted by atomic mass is 15.1. The first-order chi connectivity index (χ1) is 9.55. The molecule has 2 aromatic rings. The smallest absolute Gasteiger partial charge is 0.147 e. The molecule has 0 spiro atoms. The fourth-order valence-electron chi connectivity index (χ4n) is 2.19. The normalized spacial score (nSPS) is 13.3. The standard InChI is InChI=1S/C17H19N3/c1-14-8-10-16(11-9-14)20(2)13-17(19,12-18)15-6-4-3-5-7-15/h3-11H,13,19H2,1-2H3. The lowest BCUT2D eigenvalue weighted by Crippen LogP contribution is -2.45. The average molecular weight is 265 g/mol. The van der Waals surface area contributed by atoms with Gasteiger partial charge in [-0.25, -0.2) is 0 Å². The van der Waals surface area contributed by atoms with Crippen molar-refractivity contribution in [2.45, 2.75) is 12.5 Å². The third kappa shape index (κ3) is 2.98. The fourth-order valence-corrected chi connectivity index (χ4v) is 2.19. The zero-order valence-corrected chi connectivity index (χ0v) is 11.9. The molecule has 3 heteroatoms. The van der Waals surface area contributed by atoms with Crippen molar-refractivity contribution in [2.24, 2.45) is 5.73 Å². The molecule has 0 saturated heterocycles. The fraction of sp³-hybridized carbons (Fsp3) is 0.235. The van der Waals surface area contributed by atoms with Gasteiger partial charge in [-0.1, -0.05) is 48.0 Å². The van der Waals surface area contributed by atoms with E-state index in [1.54, 1.807) is 0 Å². The Morgan fingerprint density at radius 3 is 2.25 bits per heavy atom.